The van der Waals surface area contributed by atoms with Crippen LogP contribution >= 0.6 is 31.9 Å². The Kier molecular flexibility index (Phi) is 4.64. The highest BCUT2D eigenvalue weighted by Gasteiger charge is 2.34. The number of alkyl halides is 1. The second-order valence-corrected chi connectivity index (χ2v) is 6.24. The van der Waals surface area contributed by atoms with Crippen LogP contribution in [-0.4, -0.2) is 11.9 Å². The molecule has 1 aromatic carbocycles. The summed E-state index contributed by atoms with van der Waals surface area (Å²) in [6.07, 6.45) is 4.53. The number of hydrogen-bond donors (Lipinski definition) is 0. The fourth-order valence-electron chi connectivity index (χ4n) is 2.33. The van der Waals surface area contributed by atoms with Crippen LogP contribution in [0.3, 0.4) is 0 Å². The van der Waals surface area contributed by atoms with Gasteiger partial charge in [0, 0.05) is 16.8 Å². The zero-order valence-electron chi connectivity index (χ0n) is 9.82. The standard InChI is InChI=1S/C13H14Br2F2O/c14-7-13(3-1-2-4-13)8-18-12-10(15)5-9(16)6-11(12)17/h5-6H,1-4,7-8H2. The van der Waals surface area contributed by atoms with Gasteiger partial charge in [0.1, 0.15) is 5.82 Å². The van der Waals surface area contributed by atoms with Gasteiger partial charge in [0.05, 0.1) is 11.1 Å². The molecular formula is C13H14Br2F2O. The average molecular weight is 384 g/mol. The normalized spacial score (nSPS) is 18.0. The summed E-state index contributed by atoms with van der Waals surface area (Å²) >= 11 is 6.64. The van der Waals surface area contributed by atoms with Gasteiger partial charge in [0.15, 0.2) is 11.6 Å². The van der Waals surface area contributed by atoms with Crippen molar-refractivity contribution < 1.29 is 13.5 Å². The van der Waals surface area contributed by atoms with E-state index >= 15 is 0 Å². The maximum absolute atomic E-state index is 13.6. The Hall–Kier alpha value is -0.160. The average Bonchev–Trinajstić information content (AvgIpc) is 2.77. The zero-order valence-corrected chi connectivity index (χ0v) is 13.0. The van der Waals surface area contributed by atoms with Gasteiger partial charge in [-0.15, -0.1) is 0 Å². The van der Waals surface area contributed by atoms with Gasteiger partial charge < -0.3 is 4.74 Å². The van der Waals surface area contributed by atoms with E-state index in [2.05, 4.69) is 31.9 Å². The number of benzene rings is 1. The van der Waals surface area contributed by atoms with Crippen LogP contribution in [0.4, 0.5) is 8.78 Å². The van der Waals surface area contributed by atoms with Crippen molar-refractivity contribution in [1.29, 1.82) is 0 Å². The third-order valence-corrected chi connectivity index (χ3v) is 5.21. The van der Waals surface area contributed by atoms with Crippen molar-refractivity contribution in [1.82, 2.24) is 0 Å². The summed E-state index contributed by atoms with van der Waals surface area (Å²) in [6.45, 7) is 0.458. The van der Waals surface area contributed by atoms with Gasteiger partial charge in [0.25, 0.3) is 0 Å². The molecule has 1 aliphatic carbocycles. The summed E-state index contributed by atoms with van der Waals surface area (Å²) in [5.41, 5.74) is 0.0836. The molecule has 1 nitrogen and oxygen atoms in total. The van der Waals surface area contributed by atoms with Gasteiger partial charge in [-0.1, -0.05) is 28.8 Å². The van der Waals surface area contributed by atoms with Crippen LogP contribution in [0.15, 0.2) is 16.6 Å². The highest BCUT2D eigenvalue weighted by molar-refractivity contribution is 9.10. The smallest absolute Gasteiger partial charge is 0.169 e. The molecule has 1 aliphatic rings. The number of hydrogen-bond acceptors (Lipinski definition) is 1. The number of rotatable bonds is 4. The minimum absolute atomic E-state index is 0.0836. The molecule has 0 radical (unpaired) electrons. The molecule has 1 saturated carbocycles. The van der Waals surface area contributed by atoms with E-state index in [4.69, 9.17) is 4.74 Å². The molecule has 18 heavy (non-hydrogen) atoms. The SMILES string of the molecule is Fc1cc(F)c(OCC2(CBr)CCCC2)c(Br)c1. The molecule has 1 aromatic rings. The van der Waals surface area contributed by atoms with Gasteiger partial charge in [0.2, 0.25) is 0 Å². The molecule has 0 atom stereocenters. The molecule has 0 N–H and O–H groups in total. The maximum Gasteiger partial charge on any atom is 0.169 e. The molecule has 5 heteroatoms. The second-order valence-electron chi connectivity index (χ2n) is 4.83. The molecule has 2 rings (SSSR count). The van der Waals surface area contributed by atoms with Crippen molar-refractivity contribution in [2.45, 2.75) is 25.7 Å². The minimum Gasteiger partial charge on any atom is -0.489 e. The summed E-state index contributed by atoms with van der Waals surface area (Å²) in [7, 11) is 0. The van der Waals surface area contributed by atoms with E-state index in [9.17, 15) is 8.78 Å². The number of ether oxygens (including phenoxy) is 1. The Morgan fingerprint density at radius 3 is 2.44 bits per heavy atom. The zero-order chi connectivity index (χ0) is 13.2. The van der Waals surface area contributed by atoms with Crippen LogP contribution in [0, 0.1) is 17.0 Å². The molecule has 0 spiro atoms. The van der Waals surface area contributed by atoms with E-state index in [1.165, 1.54) is 18.9 Å². The first kappa shape index (κ1) is 14.3. The Bertz CT molecular complexity index is 408. The lowest BCUT2D eigenvalue weighted by molar-refractivity contribution is 0.167. The second kappa shape index (κ2) is 5.87. The van der Waals surface area contributed by atoms with E-state index in [-0.39, 0.29) is 11.2 Å². The quantitative estimate of drug-likeness (QED) is 0.660. The van der Waals surface area contributed by atoms with Crippen molar-refractivity contribution in [3.05, 3.63) is 28.2 Å². The fourth-order valence-corrected chi connectivity index (χ4v) is 3.58. The van der Waals surface area contributed by atoms with Crippen molar-refractivity contribution in [2.75, 3.05) is 11.9 Å². The highest BCUT2D eigenvalue weighted by atomic mass is 79.9. The van der Waals surface area contributed by atoms with Crippen molar-refractivity contribution in [3.63, 3.8) is 0 Å². The summed E-state index contributed by atoms with van der Waals surface area (Å²) in [4.78, 5) is 0. The van der Waals surface area contributed by atoms with Crippen LogP contribution in [0.25, 0.3) is 0 Å². The Labute approximate surface area is 122 Å². The third kappa shape index (κ3) is 3.05. The van der Waals surface area contributed by atoms with Crippen LogP contribution in [0.5, 0.6) is 5.75 Å². The Morgan fingerprint density at radius 1 is 1.22 bits per heavy atom. The monoisotopic (exact) mass is 382 g/mol. The van der Waals surface area contributed by atoms with Gasteiger partial charge in [-0.25, -0.2) is 8.78 Å². The number of halogens is 4. The van der Waals surface area contributed by atoms with Gasteiger partial charge in [-0.05, 0) is 34.8 Å². The highest BCUT2D eigenvalue weighted by Crippen LogP contribution is 2.41. The molecule has 100 valence electrons. The predicted octanol–water partition coefficient (Wildman–Crippen LogP) is 5.06. The summed E-state index contributed by atoms with van der Waals surface area (Å²) in [6, 6.07) is 2.06. The lowest BCUT2D eigenvalue weighted by atomic mass is 9.90. The van der Waals surface area contributed by atoms with E-state index in [0.29, 0.717) is 11.1 Å². The Morgan fingerprint density at radius 2 is 1.89 bits per heavy atom. The molecule has 0 unspecified atom stereocenters. The predicted molar refractivity (Wildman–Crippen MR) is 74.2 cm³/mol. The molecule has 1 fully saturated rings. The van der Waals surface area contributed by atoms with Crippen LogP contribution < -0.4 is 4.74 Å². The molecule has 0 bridgehead atoms. The van der Waals surface area contributed by atoms with E-state index < -0.39 is 11.6 Å². The van der Waals surface area contributed by atoms with Crippen LogP contribution in [0.2, 0.25) is 0 Å². The topological polar surface area (TPSA) is 9.23 Å². The molecule has 0 aromatic heterocycles. The van der Waals surface area contributed by atoms with E-state index in [0.717, 1.165) is 24.2 Å². The van der Waals surface area contributed by atoms with Crippen molar-refractivity contribution in [2.24, 2.45) is 5.41 Å². The van der Waals surface area contributed by atoms with E-state index in [1.807, 2.05) is 0 Å². The first-order valence-corrected chi connectivity index (χ1v) is 7.81. The summed E-state index contributed by atoms with van der Waals surface area (Å²) < 4.78 is 32.5. The fraction of sp³-hybridized carbons (Fsp3) is 0.538. The molecule has 0 aliphatic heterocycles. The first-order chi connectivity index (χ1) is 8.56. The third-order valence-electron chi connectivity index (χ3n) is 3.43. The molecular weight excluding hydrogens is 370 g/mol. The van der Waals surface area contributed by atoms with Crippen molar-refractivity contribution in [3.8, 4) is 5.75 Å². The molecule has 0 saturated heterocycles. The van der Waals surface area contributed by atoms with Crippen LogP contribution in [0.1, 0.15) is 25.7 Å². The van der Waals surface area contributed by atoms with Gasteiger partial charge >= 0.3 is 0 Å². The first-order valence-electron chi connectivity index (χ1n) is 5.90. The van der Waals surface area contributed by atoms with Crippen molar-refractivity contribution >= 4 is 31.9 Å². The van der Waals surface area contributed by atoms with Gasteiger partial charge in [-0.3, -0.25) is 0 Å². The lowest BCUT2D eigenvalue weighted by Gasteiger charge is -2.26. The van der Waals surface area contributed by atoms with Gasteiger partial charge in [-0.2, -0.15) is 0 Å². The molecule has 0 amide bonds. The Balaban J connectivity index is 2.10. The summed E-state index contributed by atoms with van der Waals surface area (Å²) in [5.74, 6) is -1.17. The van der Waals surface area contributed by atoms with E-state index in [1.54, 1.807) is 0 Å². The minimum atomic E-state index is -0.662. The largest absolute Gasteiger partial charge is 0.489 e. The summed E-state index contributed by atoms with van der Waals surface area (Å²) in [5, 5.41) is 0.848. The molecule has 0 heterocycles. The maximum atomic E-state index is 13.6. The lowest BCUT2D eigenvalue weighted by Crippen LogP contribution is -2.27. The van der Waals surface area contributed by atoms with Crippen LogP contribution in [-0.2, 0) is 0 Å².